The molecule has 4 heteroatoms. The Morgan fingerprint density at radius 2 is 2.27 bits per heavy atom. The summed E-state index contributed by atoms with van der Waals surface area (Å²) in [7, 11) is 0. The first-order valence-electron chi connectivity index (χ1n) is 3.15. The highest BCUT2D eigenvalue weighted by Gasteiger charge is 2.22. The van der Waals surface area contributed by atoms with Crippen molar-refractivity contribution in [1.29, 1.82) is 5.41 Å². The van der Waals surface area contributed by atoms with Crippen LogP contribution in [0.2, 0.25) is 0 Å². The van der Waals surface area contributed by atoms with Crippen LogP contribution in [0.5, 0.6) is 0 Å². The second-order valence-electron chi connectivity index (χ2n) is 2.45. The van der Waals surface area contributed by atoms with Crippen molar-refractivity contribution in [3.05, 3.63) is 21.9 Å². The van der Waals surface area contributed by atoms with Gasteiger partial charge in [-0.25, -0.2) is 0 Å². The normalized spacial score (nSPS) is 25.5. The minimum Gasteiger partial charge on any atom is -0.510 e. The fourth-order valence-electron chi connectivity index (χ4n) is 0.872. The summed E-state index contributed by atoms with van der Waals surface area (Å²) in [4.78, 5) is 0. The van der Waals surface area contributed by atoms with Crippen LogP contribution in [-0.4, -0.2) is 16.9 Å². The van der Waals surface area contributed by atoms with Gasteiger partial charge in [0, 0.05) is 4.48 Å². The average Bonchev–Trinajstić information content (AvgIpc) is 1.97. The SMILES string of the molecule is CC1=C(O)C(N)C(=N)C(Br)=C1. The highest BCUT2D eigenvalue weighted by atomic mass is 79.9. The Morgan fingerprint density at radius 1 is 1.73 bits per heavy atom. The molecule has 0 bridgehead atoms. The molecule has 11 heavy (non-hydrogen) atoms. The summed E-state index contributed by atoms with van der Waals surface area (Å²) in [5, 5.41) is 16.7. The summed E-state index contributed by atoms with van der Waals surface area (Å²) in [6.07, 6.45) is 1.68. The molecule has 0 spiro atoms. The number of rotatable bonds is 0. The molecule has 1 aliphatic rings. The van der Waals surface area contributed by atoms with Crippen molar-refractivity contribution in [1.82, 2.24) is 0 Å². The molecule has 1 rings (SSSR count). The molecule has 0 saturated carbocycles. The Balaban J connectivity index is 3.11. The number of aliphatic hydroxyl groups is 1. The van der Waals surface area contributed by atoms with E-state index in [1.165, 1.54) is 0 Å². The van der Waals surface area contributed by atoms with Crippen LogP contribution < -0.4 is 5.73 Å². The molecule has 0 saturated heterocycles. The molecule has 60 valence electrons. The Labute approximate surface area is 73.2 Å². The first-order chi connectivity index (χ1) is 5.04. The van der Waals surface area contributed by atoms with Crippen molar-refractivity contribution >= 4 is 21.6 Å². The van der Waals surface area contributed by atoms with E-state index in [1.54, 1.807) is 13.0 Å². The van der Waals surface area contributed by atoms with Crippen LogP contribution in [0, 0.1) is 5.41 Å². The minimum absolute atomic E-state index is 0.0817. The lowest BCUT2D eigenvalue weighted by Crippen LogP contribution is -2.34. The van der Waals surface area contributed by atoms with Crippen molar-refractivity contribution < 1.29 is 5.11 Å². The summed E-state index contributed by atoms with van der Waals surface area (Å²) in [6.45, 7) is 1.75. The zero-order valence-corrected chi connectivity index (χ0v) is 7.64. The zero-order chi connectivity index (χ0) is 8.59. The molecular weight excluding hydrogens is 208 g/mol. The fraction of sp³-hybridized carbons (Fsp3) is 0.286. The lowest BCUT2D eigenvalue weighted by atomic mass is 10.0. The maximum absolute atomic E-state index is 9.28. The van der Waals surface area contributed by atoms with Gasteiger partial charge in [0.15, 0.2) is 0 Å². The van der Waals surface area contributed by atoms with E-state index in [4.69, 9.17) is 11.1 Å². The van der Waals surface area contributed by atoms with E-state index in [-0.39, 0.29) is 11.5 Å². The first kappa shape index (κ1) is 8.49. The monoisotopic (exact) mass is 216 g/mol. The third kappa shape index (κ3) is 1.36. The summed E-state index contributed by atoms with van der Waals surface area (Å²) in [5.74, 6) is 0.0817. The number of allylic oxidation sites excluding steroid dienone is 2. The molecular formula is C7H9BrN2O. The number of aliphatic hydroxyl groups excluding tert-OH is 1. The number of nitrogens with one attached hydrogen (secondary N) is 1. The Morgan fingerprint density at radius 3 is 2.82 bits per heavy atom. The van der Waals surface area contributed by atoms with Gasteiger partial charge in [-0.15, -0.1) is 0 Å². The van der Waals surface area contributed by atoms with Crippen molar-refractivity contribution in [2.24, 2.45) is 5.73 Å². The number of hydrogen-bond donors (Lipinski definition) is 3. The molecule has 0 radical (unpaired) electrons. The van der Waals surface area contributed by atoms with E-state index < -0.39 is 6.04 Å². The number of halogens is 1. The third-order valence-electron chi connectivity index (χ3n) is 1.61. The Kier molecular flexibility index (Phi) is 2.15. The van der Waals surface area contributed by atoms with Crippen LogP contribution in [0.15, 0.2) is 21.9 Å². The summed E-state index contributed by atoms with van der Waals surface area (Å²) in [5.41, 5.74) is 6.42. The van der Waals surface area contributed by atoms with E-state index in [0.717, 1.165) is 0 Å². The lowest BCUT2D eigenvalue weighted by molar-refractivity contribution is 0.383. The van der Waals surface area contributed by atoms with E-state index >= 15 is 0 Å². The largest absolute Gasteiger partial charge is 0.510 e. The summed E-state index contributed by atoms with van der Waals surface area (Å²) < 4.78 is 0.639. The van der Waals surface area contributed by atoms with Crippen LogP contribution >= 0.6 is 15.9 Å². The molecule has 0 aromatic heterocycles. The Bertz CT molecular complexity index is 268. The van der Waals surface area contributed by atoms with Crippen LogP contribution in [0.1, 0.15) is 6.92 Å². The maximum Gasteiger partial charge on any atom is 0.118 e. The summed E-state index contributed by atoms with van der Waals surface area (Å²) >= 11 is 3.17. The molecule has 0 amide bonds. The maximum atomic E-state index is 9.28. The fourth-order valence-corrected chi connectivity index (χ4v) is 1.46. The number of hydrogen-bond acceptors (Lipinski definition) is 3. The predicted octanol–water partition coefficient (Wildman–Crippen LogP) is 1.46. The molecule has 0 aromatic carbocycles. The van der Waals surface area contributed by atoms with Crippen LogP contribution in [0.25, 0.3) is 0 Å². The van der Waals surface area contributed by atoms with Gasteiger partial charge < -0.3 is 16.2 Å². The standard InChI is InChI=1S/C7H9BrN2O/c1-3-2-4(8)5(9)6(10)7(3)11/h2,6,9,11H,10H2,1H3. The van der Waals surface area contributed by atoms with Gasteiger partial charge in [-0.05, 0) is 34.5 Å². The van der Waals surface area contributed by atoms with Gasteiger partial charge in [0.05, 0.1) is 5.71 Å². The van der Waals surface area contributed by atoms with Gasteiger partial charge in [-0.3, -0.25) is 0 Å². The molecule has 0 aromatic rings. The van der Waals surface area contributed by atoms with Gasteiger partial charge in [0.25, 0.3) is 0 Å². The second-order valence-corrected chi connectivity index (χ2v) is 3.31. The van der Waals surface area contributed by atoms with E-state index in [1.807, 2.05) is 0 Å². The molecule has 0 fully saturated rings. The van der Waals surface area contributed by atoms with E-state index in [0.29, 0.717) is 10.1 Å². The predicted molar refractivity (Wildman–Crippen MR) is 48.0 cm³/mol. The topological polar surface area (TPSA) is 70.1 Å². The average molecular weight is 217 g/mol. The third-order valence-corrected chi connectivity index (χ3v) is 2.27. The molecule has 0 heterocycles. The first-order valence-corrected chi connectivity index (χ1v) is 3.94. The van der Waals surface area contributed by atoms with Gasteiger partial charge in [-0.1, -0.05) is 0 Å². The Hall–Kier alpha value is -0.610. The smallest absolute Gasteiger partial charge is 0.118 e. The van der Waals surface area contributed by atoms with E-state index in [2.05, 4.69) is 15.9 Å². The van der Waals surface area contributed by atoms with Crippen molar-refractivity contribution in [3.63, 3.8) is 0 Å². The van der Waals surface area contributed by atoms with Crippen molar-refractivity contribution in [2.45, 2.75) is 13.0 Å². The summed E-state index contributed by atoms with van der Waals surface area (Å²) in [6, 6.07) is -0.672. The van der Waals surface area contributed by atoms with Crippen LogP contribution in [0.4, 0.5) is 0 Å². The molecule has 1 atom stereocenters. The highest BCUT2D eigenvalue weighted by molar-refractivity contribution is 9.12. The van der Waals surface area contributed by atoms with Gasteiger partial charge >= 0.3 is 0 Å². The van der Waals surface area contributed by atoms with Crippen LogP contribution in [-0.2, 0) is 0 Å². The van der Waals surface area contributed by atoms with Gasteiger partial charge in [0.2, 0.25) is 0 Å². The molecule has 4 N–H and O–H groups in total. The number of nitrogens with two attached hydrogens (primary N) is 1. The molecule has 1 unspecified atom stereocenters. The van der Waals surface area contributed by atoms with Gasteiger partial charge in [0.1, 0.15) is 11.8 Å². The van der Waals surface area contributed by atoms with Crippen molar-refractivity contribution in [2.75, 3.05) is 0 Å². The molecule has 1 aliphatic carbocycles. The molecule has 0 aliphatic heterocycles. The second kappa shape index (κ2) is 2.79. The van der Waals surface area contributed by atoms with Crippen molar-refractivity contribution in [3.8, 4) is 0 Å². The minimum atomic E-state index is -0.672. The lowest BCUT2D eigenvalue weighted by Gasteiger charge is -2.18. The quantitative estimate of drug-likeness (QED) is 0.574. The molecule has 3 nitrogen and oxygen atoms in total. The van der Waals surface area contributed by atoms with E-state index in [9.17, 15) is 5.11 Å². The van der Waals surface area contributed by atoms with Gasteiger partial charge in [-0.2, -0.15) is 0 Å². The zero-order valence-electron chi connectivity index (χ0n) is 6.06. The highest BCUT2D eigenvalue weighted by Crippen LogP contribution is 2.22. The van der Waals surface area contributed by atoms with Crippen LogP contribution in [0.3, 0.4) is 0 Å².